The van der Waals surface area contributed by atoms with E-state index in [0.29, 0.717) is 11.3 Å². The fourth-order valence-electron chi connectivity index (χ4n) is 5.00. The van der Waals surface area contributed by atoms with Crippen LogP contribution in [-0.2, 0) is 24.5 Å². The first-order valence-electron chi connectivity index (χ1n) is 9.59. The van der Waals surface area contributed by atoms with E-state index >= 15 is 0 Å². The lowest BCUT2D eigenvalue weighted by molar-refractivity contribution is -0.150. The summed E-state index contributed by atoms with van der Waals surface area (Å²) in [7, 11) is 0. The van der Waals surface area contributed by atoms with Crippen LogP contribution in [0.1, 0.15) is 30.5 Å². The largest absolute Gasteiger partial charge is 0.465 e. The Bertz CT molecular complexity index is 1030. The molecule has 5 nitrogen and oxygen atoms in total. The van der Waals surface area contributed by atoms with E-state index in [-0.39, 0.29) is 18.4 Å². The number of esters is 1. The van der Waals surface area contributed by atoms with Gasteiger partial charge in [0.2, 0.25) is 11.8 Å². The highest BCUT2D eigenvalue weighted by Gasteiger charge is 2.90. The molecule has 6 heteroatoms. The van der Waals surface area contributed by atoms with Gasteiger partial charge in [0.15, 0.2) is 0 Å². The standard InChI is InChI=1S/C23H22BrNO4/c1-5-29-21(28)23(15-6-8-16(24)9-7-15)18-19(26)25(20(27)22(18,23)4)17-11-13(2)10-14(3)12-17/h6-12,18H,5H2,1-4H3/t18-,22-,23-/m1/s1. The van der Waals surface area contributed by atoms with Crippen molar-refractivity contribution < 1.29 is 19.1 Å². The third kappa shape index (κ3) is 2.48. The van der Waals surface area contributed by atoms with E-state index in [1.807, 2.05) is 44.2 Å². The maximum atomic E-state index is 13.6. The zero-order chi connectivity index (χ0) is 21.1. The first-order valence-corrected chi connectivity index (χ1v) is 10.4. The summed E-state index contributed by atoms with van der Waals surface area (Å²) in [4.78, 5) is 41.3. The van der Waals surface area contributed by atoms with Crippen LogP contribution in [0.5, 0.6) is 0 Å². The molecule has 0 N–H and O–H groups in total. The number of amides is 2. The van der Waals surface area contributed by atoms with E-state index in [0.717, 1.165) is 15.6 Å². The van der Waals surface area contributed by atoms with Gasteiger partial charge in [-0.05, 0) is 68.7 Å². The van der Waals surface area contributed by atoms with Crippen LogP contribution in [0.4, 0.5) is 5.69 Å². The number of benzene rings is 2. The predicted octanol–water partition coefficient (Wildman–Crippen LogP) is 4.08. The lowest BCUT2D eigenvalue weighted by Gasteiger charge is -2.28. The second kappa shape index (κ2) is 6.52. The van der Waals surface area contributed by atoms with E-state index in [9.17, 15) is 14.4 Å². The zero-order valence-corrected chi connectivity index (χ0v) is 18.4. The van der Waals surface area contributed by atoms with Gasteiger partial charge in [0.1, 0.15) is 5.41 Å². The normalized spacial score (nSPS) is 27.8. The molecule has 3 atom stereocenters. The smallest absolute Gasteiger partial charge is 0.318 e. The fourth-order valence-corrected chi connectivity index (χ4v) is 5.27. The number of aryl methyl sites for hydroxylation is 2. The van der Waals surface area contributed by atoms with Crippen LogP contribution < -0.4 is 4.90 Å². The number of piperidine rings is 1. The van der Waals surface area contributed by atoms with E-state index in [1.165, 1.54) is 4.90 Å². The van der Waals surface area contributed by atoms with Gasteiger partial charge in [0.25, 0.3) is 0 Å². The Labute approximate surface area is 178 Å². The molecule has 1 aliphatic carbocycles. The molecular formula is C23H22BrNO4. The summed E-state index contributed by atoms with van der Waals surface area (Å²) in [6, 6.07) is 12.8. The lowest BCUT2D eigenvalue weighted by Crippen LogP contribution is -2.45. The molecule has 1 saturated carbocycles. The SMILES string of the molecule is CCOC(=O)[C@@]1(c2ccc(Br)cc2)[C@@H]2C(=O)N(c3cc(C)cc(C)c3)C(=O)[C@@]21C. The van der Waals surface area contributed by atoms with Crippen molar-refractivity contribution in [3.8, 4) is 0 Å². The van der Waals surface area contributed by atoms with Crippen molar-refractivity contribution in [3.63, 3.8) is 0 Å². The predicted molar refractivity (Wildman–Crippen MR) is 112 cm³/mol. The van der Waals surface area contributed by atoms with Gasteiger partial charge < -0.3 is 4.74 Å². The first kappa shape index (κ1) is 19.8. The maximum absolute atomic E-state index is 13.6. The minimum absolute atomic E-state index is 0.184. The number of carbonyl (C=O) groups excluding carboxylic acids is 3. The molecule has 4 rings (SSSR count). The van der Waals surface area contributed by atoms with Crippen LogP contribution in [0.15, 0.2) is 46.9 Å². The van der Waals surface area contributed by atoms with Crippen LogP contribution >= 0.6 is 15.9 Å². The van der Waals surface area contributed by atoms with Crippen molar-refractivity contribution >= 4 is 39.4 Å². The van der Waals surface area contributed by atoms with Gasteiger partial charge in [-0.15, -0.1) is 0 Å². The van der Waals surface area contributed by atoms with Crippen LogP contribution in [0.2, 0.25) is 0 Å². The summed E-state index contributed by atoms with van der Waals surface area (Å²) < 4.78 is 6.21. The first-order chi connectivity index (χ1) is 13.7. The summed E-state index contributed by atoms with van der Waals surface area (Å²) in [5.74, 6) is -1.99. The van der Waals surface area contributed by atoms with E-state index < -0.39 is 22.7 Å². The monoisotopic (exact) mass is 455 g/mol. The molecule has 2 aliphatic rings. The van der Waals surface area contributed by atoms with Gasteiger partial charge in [-0.1, -0.05) is 34.1 Å². The molecule has 0 unspecified atom stereocenters. The average molecular weight is 456 g/mol. The van der Waals surface area contributed by atoms with E-state index in [2.05, 4.69) is 15.9 Å². The molecule has 0 bridgehead atoms. The van der Waals surface area contributed by atoms with Crippen molar-refractivity contribution in [1.82, 2.24) is 0 Å². The van der Waals surface area contributed by atoms with Crippen molar-refractivity contribution in [2.75, 3.05) is 11.5 Å². The van der Waals surface area contributed by atoms with E-state index in [1.54, 1.807) is 26.0 Å². The molecule has 2 aromatic rings. The Morgan fingerprint density at radius 3 is 2.17 bits per heavy atom. The Balaban J connectivity index is 1.83. The number of hydrogen-bond donors (Lipinski definition) is 0. The number of imide groups is 1. The molecule has 29 heavy (non-hydrogen) atoms. The van der Waals surface area contributed by atoms with E-state index in [4.69, 9.17) is 4.74 Å². The number of anilines is 1. The molecule has 150 valence electrons. The number of hydrogen-bond acceptors (Lipinski definition) is 4. The Hall–Kier alpha value is -2.47. The minimum atomic E-state index is -1.28. The number of carbonyl (C=O) groups is 3. The van der Waals surface area contributed by atoms with Gasteiger partial charge >= 0.3 is 5.97 Å². The molecule has 2 fully saturated rings. The lowest BCUT2D eigenvalue weighted by atomic mass is 9.84. The van der Waals surface area contributed by atoms with Crippen LogP contribution in [0.3, 0.4) is 0 Å². The average Bonchev–Trinajstić information content (AvgIpc) is 3.17. The van der Waals surface area contributed by atoms with Crippen LogP contribution in [0.25, 0.3) is 0 Å². The summed E-state index contributed by atoms with van der Waals surface area (Å²) >= 11 is 3.39. The molecular weight excluding hydrogens is 434 g/mol. The van der Waals surface area contributed by atoms with Crippen molar-refractivity contribution in [1.29, 1.82) is 0 Å². The summed E-state index contributed by atoms with van der Waals surface area (Å²) in [5, 5.41) is 0. The van der Waals surface area contributed by atoms with Crippen molar-refractivity contribution in [3.05, 3.63) is 63.6 Å². The molecule has 0 aromatic heterocycles. The number of ether oxygens (including phenoxy) is 1. The molecule has 0 radical (unpaired) electrons. The van der Waals surface area contributed by atoms with Gasteiger partial charge in [0, 0.05) is 4.47 Å². The van der Waals surface area contributed by atoms with Crippen molar-refractivity contribution in [2.24, 2.45) is 11.3 Å². The van der Waals surface area contributed by atoms with Crippen molar-refractivity contribution in [2.45, 2.75) is 33.1 Å². The second-order valence-corrected chi connectivity index (χ2v) is 8.91. The summed E-state index contributed by atoms with van der Waals surface area (Å²) in [5.41, 5.74) is 0.675. The number of fused-ring (bicyclic) bond motifs is 1. The Kier molecular flexibility index (Phi) is 4.46. The molecule has 2 aromatic carbocycles. The third-order valence-corrected chi connectivity index (χ3v) is 6.75. The maximum Gasteiger partial charge on any atom is 0.318 e. The van der Waals surface area contributed by atoms with Gasteiger partial charge in [0.05, 0.1) is 23.6 Å². The molecule has 1 heterocycles. The summed E-state index contributed by atoms with van der Waals surface area (Å²) in [6.07, 6.45) is 0. The minimum Gasteiger partial charge on any atom is -0.465 e. The highest BCUT2D eigenvalue weighted by molar-refractivity contribution is 9.10. The highest BCUT2D eigenvalue weighted by atomic mass is 79.9. The fraction of sp³-hybridized carbons (Fsp3) is 0.348. The number of halogens is 1. The molecule has 1 aliphatic heterocycles. The topological polar surface area (TPSA) is 63.7 Å². The zero-order valence-electron chi connectivity index (χ0n) is 16.8. The summed E-state index contributed by atoms with van der Waals surface area (Å²) in [6.45, 7) is 7.46. The molecule has 1 saturated heterocycles. The Morgan fingerprint density at radius 1 is 1.10 bits per heavy atom. The van der Waals surface area contributed by atoms with Gasteiger partial charge in [-0.3, -0.25) is 14.4 Å². The Morgan fingerprint density at radius 2 is 1.69 bits per heavy atom. The number of nitrogens with zero attached hydrogens (tertiary/aromatic N) is 1. The molecule has 0 spiro atoms. The third-order valence-electron chi connectivity index (χ3n) is 6.22. The van der Waals surface area contributed by atoms with Gasteiger partial charge in [-0.25, -0.2) is 4.90 Å². The molecule has 2 amide bonds. The number of rotatable bonds is 4. The quantitative estimate of drug-likeness (QED) is 0.514. The van der Waals surface area contributed by atoms with Crippen LogP contribution in [0, 0.1) is 25.2 Å². The van der Waals surface area contributed by atoms with Gasteiger partial charge in [-0.2, -0.15) is 0 Å². The second-order valence-electron chi connectivity index (χ2n) is 8.00. The highest BCUT2D eigenvalue weighted by Crippen LogP contribution is 2.74. The van der Waals surface area contributed by atoms with Crippen LogP contribution in [-0.4, -0.2) is 24.4 Å².